The highest BCUT2D eigenvalue weighted by Gasteiger charge is 2.11. The average Bonchev–Trinajstić information content (AvgIpc) is 2.50. The zero-order valence-electron chi connectivity index (χ0n) is 12.3. The highest BCUT2D eigenvalue weighted by molar-refractivity contribution is 6.04. The van der Waals surface area contributed by atoms with Gasteiger partial charge in [-0.3, -0.25) is 4.79 Å². The van der Waals surface area contributed by atoms with Gasteiger partial charge in [0.2, 0.25) is 0 Å². The molecule has 0 saturated carbocycles. The number of hydrogen-bond donors (Lipinski definition) is 1. The van der Waals surface area contributed by atoms with Crippen LogP contribution in [0.4, 0.5) is 5.82 Å². The number of anilines is 1. The van der Waals surface area contributed by atoms with E-state index in [1.54, 1.807) is 37.6 Å². The number of rotatable bonds is 5. The van der Waals surface area contributed by atoms with Crippen LogP contribution in [0.1, 0.15) is 22.8 Å². The molecule has 110 valence electrons. The fourth-order valence-electron chi connectivity index (χ4n) is 1.82. The van der Waals surface area contributed by atoms with Gasteiger partial charge in [0.15, 0.2) is 11.5 Å². The molecule has 21 heavy (non-hydrogen) atoms. The normalized spacial score (nSPS) is 10.0. The monoisotopic (exact) mass is 286 g/mol. The Morgan fingerprint density at radius 2 is 2.05 bits per heavy atom. The molecule has 0 aliphatic carbocycles. The molecule has 0 atom stereocenters. The first-order valence-corrected chi connectivity index (χ1v) is 6.69. The summed E-state index contributed by atoms with van der Waals surface area (Å²) in [4.78, 5) is 16.4. The lowest BCUT2D eigenvalue weighted by Gasteiger charge is -2.11. The zero-order chi connectivity index (χ0) is 15.2. The van der Waals surface area contributed by atoms with E-state index >= 15 is 0 Å². The summed E-state index contributed by atoms with van der Waals surface area (Å²) in [6.45, 7) is 4.32. The minimum Gasteiger partial charge on any atom is -0.493 e. The minimum absolute atomic E-state index is 0.241. The molecular weight excluding hydrogens is 268 g/mol. The van der Waals surface area contributed by atoms with Crippen molar-refractivity contribution >= 4 is 11.7 Å². The van der Waals surface area contributed by atoms with Gasteiger partial charge in [-0.1, -0.05) is 6.07 Å². The molecule has 0 aliphatic heterocycles. The summed E-state index contributed by atoms with van der Waals surface area (Å²) in [5.74, 6) is 1.42. The maximum Gasteiger partial charge on any atom is 0.256 e. The first-order chi connectivity index (χ1) is 10.1. The number of carbonyl (C=O) groups is 1. The Bertz CT molecular complexity index is 624. The summed E-state index contributed by atoms with van der Waals surface area (Å²) < 4.78 is 10.7. The number of aromatic nitrogens is 1. The highest BCUT2D eigenvalue weighted by atomic mass is 16.5. The molecule has 0 aliphatic rings. The quantitative estimate of drug-likeness (QED) is 0.917. The molecular formula is C16H18N2O3. The molecule has 1 amide bonds. The van der Waals surface area contributed by atoms with Crippen molar-refractivity contribution in [3.63, 3.8) is 0 Å². The lowest BCUT2D eigenvalue weighted by molar-refractivity contribution is 0.102. The fourth-order valence-corrected chi connectivity index (χ4v) is 1.82. The summed E-state index contributed by atoms with van der Waals surface area (Å²) in [7, 11) is 1.56. The van der Waals surface area contributed by atoms with E-state index < -0.39 is 0 Å². The van der Waals surface area contributed by atoms with E-state index in [9.17, 15) is 4.79 Å². The third kappa shape index (κ3) is 3.72. The van der Waals surface area contributed by atoms with E-state index in [0.717, 1.165) is 5.56 Å². The Kier molecular flexibility index (Phi) is 4.77. The molecule has 0 spiro atoms. The van der Waals surface area contributed by atoms with Crippen LogP contribution in [0.15, 0.2) is 36.5 Å². The number of ether oxygens (including phenoxy) is 2. The molecule has 1 N–H and O–H groups in total. The van der Waals surface area contributed by atoms with Gasteiger partial charge in [0.1, 0.15) is 5.82 Å². The van der Waals surface area contributed by atoms with E-state index in [2.05, 4.69) is 10.3 Å². The second-order valence-corrected chi connectivity index (χ2v) is 4.47. The summed E-state index contributed by atoms with van der Waals surface area (Å²) in [5.41, 5.74) is 1.53. The van der Waals surface area contributed by atoms with Crippen molar-refractivity contribution in [2.45, 2.75) is 13.8 Å². The molecule has 2 rings (SSSR count). The Balaban J connectivity index is 2.18. The largest absolute Gasteiger partial charge is 0.493 e. The summed E-state index contributed by atoms with van der Waals surface area (Å²) >= 11 is 0. The number of benzene rings is 1. The number of amides is 1. The van der Waals surface area contributed by atoms with Crippen molar-refractivity contribution in [1.29, 1.82) is 0 Å². The minimum atomic E-state index is -0.241. The van der Waals surface area contributed by atoms with Crippen LogP contribution >= 0.6 is 0 Å². The molecule has 1 aromatic carbocycles. The Morgan fingerprint density at radius 1 is 1.24 bits per heavy atom. The van der Waals surface area contributed by atoms with Gasteiger partial charge in [-0.25, -0.2) is 4.98 Å². The lowest BCUT2D eigenvalue weighted by atomic mass is 10.2. The predicted octanol–water partition coefficient (Wildman–Crippen LogP) is 3.05. The van der Waals surface area contributed by atoms with Gasteiger partial charge < -0.3 is 14.8 Å². The molecule has 0 bridgehead atoms. The topological polar surface area (TPSA) is 60.5 Å². The van der Waals surface area contributed by atoms with Crippen molar-refractivity contribution in [1.82, 2.24) is 4.98 Å². The maximum atomic E-state index is 12.2. The highest BCUT2D eigenvalue weighted by Crippen LogP contribution is 2.28. The van der Waals surface area contributed by atoms with E-state index in [-0.39, 0.29) is 5.91 Å². The number of pyridine rings is 1. The predicted molar refractivity (Wildman–Crippen MR) is 81.1 cm³/mol. The van der Waals surface area contributed by atoms with Crippen LogP contribution in [0.2, 0.25) is 0 Å². The number of nitrogens with zero attached hydrogens (tertiary/aromatic N) is 1. The first-order valence-electron chi connectivity index (χ1n) is 6.69. The number of nitrogens with one attached hydrogen (secondary N) is 1. The van der Waals surface area contributed by atoms with E-state index in [0.29, 0.717) is 29.5 Å². The molecule has 0 saturated heterocycles. The van der Waals surface area contributed by atoms with Crippen molar-refractivity contribution in [3.8, 4) is 11.5 Å². The van der Waals surface area contributed by atoms with Gasteiger partial charge in [-0.15, -0.1) is 0 Å². The zero-order valence-corrected chi connectivity index (χ0v) is 12.3. The van der Waals surface area contributed by atoms with Crippen LogP contribution in [0.5, 0.6) is 11.5 Å². The molecule has 1 aromatic heterocycles. The van der Waals surface area contributed by atoms with Crippen LogP contribution in [-0.2, 0) is 0 Å². The number of aryl methyl sites for hydroxylation is 1. The molecule has 2 aromatic rings. The van der Waals surface area contributed by atoms with Crippen molar-refractivity contribution < 1.29 is 14.3 Å². The standard InChI is InChI=1S/C16H18N2O3/c1-4-21-14-9-12(6-7-13(14)20-3)16(19)18-15-8-5-11(2)10-17-15/h5-10H,4H2,1-3H3,(H,17,18,19). The summed E-state index contributed by atoms with van der Waals surface area (Å²) in [5, 5.41) is 2.75. The maximum absolute atomic E-state index is 12.2. The van der Waals surface area contributed by atoms with E-state index in [4.69, 9.17) is 9.47 Å². The Morgan fingerprint density at radius 3 is 2.67 bits per heavy atom. The van der Waals surface area contributed by atoms with Gasteiger partial charge in [0.05, 0.1) is 13.7 Å². The fraction of sp³-hybridized carbons (Fsp3) is 0.250. The number of methoxy groups -OCH3 is 1. The number of hydrogen-bond acceptors (Lipinski definition) is 4. The molecule has 5 nitrogen and oxygen atoms in total. The molecule has 0 radical (unpaired) electrons. The van der Waals surface area contributed by atoms with Crippen molar-refractivity contribution in [2.24, 2.45) is 0 Å². The molecule has 1 heterocycles. The van der Waals surface area contributed by atoms with Crippen LogP contribution in [0.3, 0.4) is 0 Å². The average molecular weight is 286 g/mol. The van der Waals surface area contributed by atoms with Crippen LogP contribution in [0, 0.1) is 6.92 Å². The van der Waals surface area contributed by atoms with Gasteiger partial charge in [-0.2, -0.15) is 0 Å². The smallest absolute Gasteiger partial charge is 0.256 e. The second kappa shape index (κ2) is 6.74. The number of carbonyl (C=O) groups excluding carboxylic acids is 1. The third-order valence-electron chi connectivity index (χ3n) is 2.88. The SMILES string of the molecule is CCOc1cc(C(=O)Nc2ccc(C)cn2)ccc1OC. The van der Waals surface area contributed by atoms with E-state index in [1.807, 2.05) is 19.9 Å². The summed E-state index contributed by atoms with van der Waals surface area (Å²) in [6, 6.07) is 8.71. The second-order valence-electron chi connectivity index (χ2n) is 4.47. The van der Waals surface area contributed by atoms with Gasteiger partial charge >= 0.3 is 0 Å². The molecule has 0 fully saturated rings. The van der Waals surface area contributed by atoms with Gasteiger partial charge in [0.25, 0.3) is 5.91 Å². The van der Waals surface area contributed by atoms with E-state index in [1.165, 1.54) is 0 Å². The van der Waals surface area contributed by atoms with Crippen molar-refractivity contribution in [3.05, 3.63) is 47.7 Å². The lowest BCUT2D eigenvalue weighted by Crippen LogP contribution is -2.13. The van der Waals surface area contributed by atoms with Gasteiger partial charge in [-0.05, 0) is 43.7 Å². The van der Waals surface area contributed by atoms with Crippen LogP contribution in [-0.4, -0.2) is 24.6 Å². The van der Waals surface area contributed by atoms with Crippen LogP contribution in [0.25, 0.3) is 0 Å². The van der Waals surface area contributed by atoms with Crippen molar-refractivity contribution in [2.75, 3.05) is 19.0 Å². The summed E-state index contributed by atoms with van der Waals surface area (Å²) in [6.07, 6.45) is 1.70. The molecule has 5 heteroatoms. The third-order valence-corrected chi connectivity index (χ3v) is 2.88. The Labute approximate surface area is 123 Å². The Hall–Kier alpha value is -2.56. The first kappa shape index (κ1) is 14.8. The van der Waals surface area contributed by atoms with Gasteiger partial charge in [0, 0.05) is 11.8 Å². The van der Waals surface area contributed by atoms with Crippen LogP contribution < -0.4 is 14.8 Å². The molecule has 0 unspecified atom stereocenters.